The Morgan fingerprint density at radius 1 is 0.863 bits per heavy atom. The van der Waals surface area contributed by atoms with Crippen molar-refractivity contribution in [1.82, 2.24) is 20.2 Å². The molecule has 0 radical (unpaired) electrons. The van der Waals surface area contributed by atoms with E-state index in [0.717, 1.165) is 32.4 Å². The number of nitrogens with zero attached hydrogens (tertiary/aromatic N) is 3. The van der Waals surface area contributed by atoms with Crippen molar-refractivity contribution in [2.24, 2.45) is 5.92 Å². The second-order valence-electron chi connectivity index (χ2n) is 15.1. The Balaban J connectivity index is 1.17. The number of nitrogens with one attached hydrogen (secondary N) is 1. The Labute approximate surface area is 304 Å². The maximum absolute atomic E-state index is 13.9. The van der Waals surface area contributed by atoms with Crippen LogP contribution in [0.5, 0.6) is 0 Å². The second-order valence-corrected chi connectivity index (χ2v) is 16.2. The number of aliphatic carboxylic acids is 1. The van der Waals surface area contributed by atoms with Crippen LogP contribution in [-0.2, 0) is 21.4 Å². The van der Waals surface area contributed by atoms with E-state index in [-0.39, 0.29) is 24.8 Å². The fourth-order valence-electron chi connectivity index (χ4n) is 7.33. The molecule has 268 valence electrons. The molecule has 10 heteroatoms. The van der Waals surface area contributed by atoms with Gasteiger partial charge in [0.15, 0.2) is 5.82 Å². The van der Waals surface area contributed by atoms with E-state index in [1.54, 1.807) is 18.2 Å². The first-order valence-corrected chi connectivity index (χ1v) is 18.9. The van der Waals surface area contributed by atoms with Gasteiger partial charge in [0.2, 0.25) is 5.72 Å². The quantitative estimate of drug-likeness (QED) is 0.145. The molecule has 2 aromatic carbocycles. The highest BCUT2D eigenvalue weighted by molar-refractivity contribution is 7.14. The summed E-state index contributed by atoms with van der Waals surface area (Å²) in [5, 5.41) is 24.2. The normalized spacial score (nSPS) is 20.5. The molecule has 0 spiro atoms. The number of amides is 2. The van der Waals surface area contributed by atoms with Gasteiger partial charge in [-0.15, -0.1) is 11.3 Å². The summed E-state index contributed by atoms with van der Waals surface area (Å²) in [4.78, 5) is 51.0. The third kappa shape index (κ3) is 8.23. The van der Waals surface area contributed by atoms with Crippen molar-refractivity contribution in [3.05, 3.63) is 93.9 Å². The van der Waals surface area contributed by atoms with Crippen LogP contribution in [0.3, 0.4) is 0 Å². The molecule has 3 N–H and O–H groups in total. The topological polar surface area (TPSA) is 133 Å². The van der Waals surface area contributed by atoms with Crippen molar-refractivity contribution in [2.75, 3.05) is 6.54 Å². The van der Waals surface area contributed by atoms with E-state index in [1.165, 1.54) is 49.0 Å². The summed E-state index contributed by atoms with van der Waals surface area (Å²) in [5.41, 5.74) is 2.17. The fourth-order valence-corrected chi connectivity index (χ4v) is 8.29. The smallest absolute Gasteiger partial charge is 0.326 e. The van der Waals surface area contributed by atoms with Crippen molar-refractivity contribution in [3.63, 3.8) is 0 Å². The molecule has 2 aliphatic rings. The summed E-state index contributed by atoms with van der Waals surface area (Å²) >= 11 is 1.29. The maximum atomic E-state index is 13.9. The zero-order valence-corrected chi connectivity index (χ0v) is 30.7. The highest BCUT2D eigenvalue weighted by Gasteiger charge is 2.46. The van der Waals surface area contributed by atoms with Gasteiger partial charge < -0.3 is 20.4 Å². The van der Waals surface area contributed by atoms with E-state index in [9.17, 15) is 24.6 Å². The van der Waals surface area contributed by atoms with E-state index in [0.29, 0.717) is 28.6 Å². The standard InChI is InChI=1S/C41H48N4O5S/c1-5-26-8-12-28(13-9-26)29-16-18-30(19-17-29)32-24-42-36(43-25-32)31-14-10-27(11-15-31)23-41(50,39(49)45-22-6-7-33(45)38(47)48)44-37(46)34-20-21-35(51-34)40(2,3)4/h10-11,14-21,24-26,28,33,50H,5-9,12-13,22-23H2,1-4H3,(H,44,46)(H,47,48)/t26?,28?,33-,41-/m0/s1. The molecule has 6 rings (SSSR count). The average molecular weight is 709 g/mol. The van der Waals surface area contributed by atoms with E-state index < -0.39 is 29.6 Å². The number of carboxylic acid groups (broad SMARTS) is 1. The van der Waals surface area contributed by atoms with Gasteiger partial charge >= 0.3 is 5.97 Å². The Kier molecular flexibility index (Phi) is 10.7. The highest BCUT2D eigenvalue weighted by atomic mass is 32.1. The van der Waals surface area contributed by atoms with Crippen LogP contribution in [0.15, 0.2) is 73.1 Å². The van der Waals surface area contributed by atoms with Crippen molar-refractivity contribution in [1.29, 1.82) is 0 Å². The monoisotopic (exact) mass is 708 g/mol. The van der Waals surface area contributed by atoms with E-state index in [2.05, 4.69) is 46.5 Å². The number of carbonyl (C=O) groups is 3. The summed E-state index contributed by atoms with van der Waals surface area (Å²) in [5.74, 6) is -0.537. The predicted molar refractivity (Wildman–Crippen MR) is 199 cm³/mol. The minimum Gasteiger partial charge on any atom is -0.480 e. The number of rotatable bonds is 10. The first-order valence-electron chi connectivity index (χ1n) is 18.1. The lowest BCUT2D eigenvalue weighted by atomic mass is 9.78. The SMILES string of the molecule is CCC1CCC(c2ccc(-c3cnc(-c4ccc(C[C@@](O)(NC(=O)c5ccc(C(C)(C)C)s5)C(=O)N5CCC[C@H]5C(=O)O)cc4)nc3)cc2)CC1. The maximum Gasteiger partial charge on any atom is 0.326 e. The zero-order valence-electron chi connectivity index (χ0n) is 29.9. The van der Waals surface area contributed by atoms with Gasteiger partial charge in [0.05, 0.1) is 4.88 Å². The number of likely N-dealkylation sites (tertiary alicyclic amines) is 1. The molecule has 2 amide bonds. The van der Waals surface area contributed by atoms with Gasteiger partial charge in [-0.2, -0.15) is 0 Å². The second kappa shape index (κ2) is 15.1. The molecule has 51 heavy (non-hydrogen) atoms. The Morgan fingerprint density at radius 3 is 2.10 bits per heavy atom. The molecule has 1 aliphatic heterocycles. The first kappa shape index (κ1) is 36.4. The van der Waals surface area contributed by atoms with Crippen LogP contribution in [0.4, 0.5) is 0 Å². The van der Waals surface area contributed by atoms with Crippen LogP contribution in [0, 0.1) is 5.92 Å². The molecule has 1 saturated heterocycles. The molecule has 2 aromatic heterocycles. The molecule has 9 nitrogen and oxygen atoms in total. The number of hydrogen-bond acceptors (Lipinski definition) is 7. The lowest BCUT2D eigenvalue weighted by Gasteiger charge is -2.33. The number of hydrogen-bond donors (Lipinski definition) is 3. The number of carboxylic acids is 1. The highest BCUT2D eigenvalue weighted by Crippen LogP contribution is 2.37. The van der Waals surface area contributed by atoms with Gasteiger partial charge in [-0.25, -0.2) is 14.8 Å². The lowest BCUT2D eigenvalue weighted by molar-refractivity contribution is -0.160. The first-order chi connectivity index (χ1) is 24.3. The summed E-state index contributed by atoms with van der Waals surface area (Å²) in [6, 6.07) is 18.4. The van der Waals surface area contributed by atoms with Crippen molar-refractivity contribution in [2.45, 2.75) is 102 Å². The van der Waals surface area contributed by atoms with Gasteiger partial charge in [-0.05, 0) is 84.6 Å². The number of thiophene rings is 1. The summed E-state index contributed by atoms with van der Waals surface area (Å²) in [6.45, 7) is 8.60. The fraction of sp³-hybridized carbons (Fsp3) is 0.439. The van der Waals surface area contributed by atoms with E-state index in [4.69, 9.17) is 0 Å². The number of benzene rings is 2. The van der Waals surface area contributed by atoms with Crippen molar-refractivity contribution >= 4 is 29.1 Å². The molecular formula is C41H48N4O5S. The van der Waals surface area contributed by atoms with E-state index in [1.807, 2.05) is 51.4 Å². The van der Waals surface area contributed by atoms with E-state index >= 15 is 0 Å². The summed E-state index contributed by atoms with van der Waals surface area (Å²) in [6.07, 6.45) is 10.6. The lowest BCUT2D eigenvalue weighted by Crippen LogP contribution is -2.62. The molecule has 1 aliphatic carbocycles. The number of aliphatic hydroxyl groups is 1. The number of carbonyl (C=O) groups excluding carboxylic acids is 2. The van der Waals surface area contributed by atoms with Gasteiger partial charge in [0.25, 0.3) is 11.8 Å². The van der Waals surface area contributed by atoms with Gasteiger partial charge in [0.1, 0.15) is 6.04 Å². The number of aromatic nitrogens is 2. The van der Waals surface area contributed by atoms with Crippen LogP contribution < -0.4 is 5.32 Å². The minimum absolute atomic E-state index is 0.177. The van der Waals surface area contributed by atoms with Crippen LogP contribution >= 0.6 is 11.3 Å². The summed E-state index contributed by atoms with van der Waals surface area (Å²) in [7, 11) is 0. The predicted octanol–water partition coefficient (Wildman–Crippen LogP) is 7.59. The Bertz CT molecular complexity index is 1840. The van der Waals surface area contributed by atoms with Crippen LogP contribution in [0.1, 0.15) is 104 Å². The molecule has 0 bridgehead atoms. The molecule has 4 aromatic rings. The summed E-state index contributed by atoms with van der Waals surface area (Å²) < 4.78 is 0. The Morgan fingerprint density at radius 2 is 1.51 bits per heavy atom. The largest absolute Gasteiger partial charge is 0.480 e. The van der Waals surface area contributed by atoms with Crippen LogP contribution in [0.2, 0.25) is 0 Å². The van der Waals surface area contributed by atoms with Crippen LogP contribution in [-0.4, -0.2) is 61.2 Å². The van der Waals surface area contributed by atoms with Crippen LogP contribution in [0.25, 0.3) is 22.5 Å². The van der Waals surface area contributed by atoms with Gasteiger partial charge in [0, 0.05) is 41.4 Å². The molecule has 2 fully saturated rings. The molecule has 0 unspecified atom stereocenters. The molecular weight excluding hydrogens is 661 g/mol. The molecule has 1 saturated carbocycles. The van der Waals surface area contributed by atoms with Crippen molar-refractivity contribution < 1.29 is 24.6 Å². The Hall–Kier alpha value is -4.41. The van der Waals surface area contributed by atoms with Crippen molar-refractivity contribution in [3.8, 4) is 22.5 Å². The molecule has 2 atom stereocenters. The average Bonchev–Trinajstić information content (AvgIpc) is 3.84. The third-order valence-electron chi connectivity index (χ3n) is 10.5. The zero-order chi connectivity index (χ0) is 36.3. The van der Waals surface area contributed by atoms with Gasteiger partial charge in [-0.1, -0.05) is 82.6 Å². The molecule has 3 heterocycles. The minimum atomic E-state index is -2.37. The third-order valence-corrected chi connectivity index (χ3v) is 12.0. The van der Waals surface area contributed by atoms with Gasteiger partial charge in [-0.3, -0.25) is 9.59 Å².